The predicted molar refractivity (Wildman–Crippen MR) is 88.1 cm³/mol. The van der Waals surface area contributed by atoms with Crippen molar-refractivity contribution in [3.63, 3.8) is 0 Å². The van der Waals surface area contributed by atoms with Crippen molar-refractivity contribution in [2.75, 3.05) is 27.3 Å². The molecule has 0 N–H and O–H groups in total. The molecule has 1 aromatic carbocycles. The van der Waals surface area contributed by atoms with Crippen molar-refractivity contribution in [1.29, 1.82) is 0 Å². The van der Waals surface area contributed by atoms with Crippen LogP contribution in [0.4, 0.5) is 0 Å². The van der Waals surface area contributed by atoms with E-state index in [1.165, 1.54) is 0 Å². The molecule has 1 aliphatic rings. The maximum absolute atomic E-state index is 11.8. The molecule has 1 aliphatic heterocycles. The molecule has 3 rings (SSSR count). The summed E-state index contributed by atoms with van der Waals surface area (Å²) >= 11 is 0. The first-order valence-electron chi connectivity index (χ1n) is 8.07. The van der Waals surface area contributed by atoms with Gasteiger partial charge >= 0.3 is 0 Å². The molecule has 0 saturated carbocycles. The van der Waals surface area contributed by atoms with Gasteiger partial charge in [-0.15, -0.1) is 5.10 Å². The fourth-order valence-corrected chi connectivity index (χ4v) is 2.85. The first kappa shape index (κ1) is 16.4. The highest BCUT2D eigenvalue weighted by molar-refractivity contribution is 5.78. The van der Waals surface area contributed by atoms with Crippen LogP contribution in [0.3, 0.4) is 0 Å². The largest absolute Gasteiger partial charge is 0.497 e. The van der Waals surface area contributed by atoms with Gasteiger partial charge in [0.25, 0.3) is 0 Å². The van der Waals surface area contributed by atoms with E-state index in [1.807, 2.05) is 33.8 Å². The number of hydrogen-bond donors (Lipinski definition) is 0. The summed E-state index contributed by atoms with van der Waals surface area (Å²) in [5.41, 5.74) is 0.911. The van der Waals surface area contributed by atoms with Crippen LogP contribution in [0, 0.1) is 0 Å². The number of aromatic nitrogens is 3. The number of hydrogen-bond acceptors (Lipinski definition) is 5. The minimum absolute atomic E-state index is 0.225. The molecule has 2 aromatic rings. The topological polar surface area (TPSA) is 69.5 Å². The van der Waals surface area contributed by atoms with Gasteiger partial charge in [0.15, 0.2) is 5.82 Å². The average Bonchev–Trinajstić information content (AvgIpc) is 3.19. The average molecular weight is 330 g/mol. The minimum atomic E-state index is 0.225. The van der Waals surface area contributed by atoms with Gasteiger partial charge in [-0.05, 0) is 30.7 Å². The van der Waals surface area contributed by atoms with E-state index in [-0.39, 0.29) is 5.91 Å². The number of nitrogens with zero attached hydrogens (tertiary/aromatic N) is 4. The number of rotatable bonds is 7. The Morgan fingerprint density at radius 3 is 2.62 bits per heavy atom. The lowest BCUT2D eigenvalue weighted by Gasteiger charge is -2.15. The molecule has 7 nitrogen and oxygen atoms in total. The van der Waals surface area contributed by atoms with E-state index in [1.54, 1.807) is 14.2 Å². The molecule has 24 heavy (non-hydrogen) atoms. The maximum atomic E-state index is 11.8. The minimum Gasteiger partial charge on any atom is -0.497 e. The Balaban J connectivity index is 1.81. The van der Waals surface area contributed by atoms with Crippen molar-refractivity contribution >= 4 is 5.91 Å². The molecular weight excluding hydrogens is 308 g/mol. The fraction of sp³-hybridized carbons (Fsp3) is 0.471. The van der Waals surface area contributed by atoms with E-state index in [2.05, 4.69) is 10.1 Å². The molecule has 0 aliphatic carbocycles. The van der Waals surface area contributed by atoms with Crippen LogP contribution in [-0.2, 0) is 22.6 Å². The lowest BCUT2D eigenvalue weighted by Crippen LogP contribution is -2.27. The number of benzene rings is 1. The van der Waals surface area contributed by atoms with Crippen LogP contribution < -0.4 is 4.74 Å². The van der Waals surface area contributed by atoms with Crippen LogP contribution in [0.2, 0.25) is 0 Å². The molecule has 0 atom stereocenters. The summed E-state index contributed by atoms with van der Waals surface area (Å²) in [5, 5.41) is 4.53. The van der Waals surface area contributed by atoms with Gasteiger partial charge in [-0.25, -0.2) is 9.67 Å². The Hall–Kier alpha value is -2.41. The van der Waals surface area contributed by atoms with Crippen LogP contribution in [0.15, 0.2) is 24.3 Å². The van der Waals surface area contributed by atoms with Gasteiger partial charge < -0.3 is 14.4 Å². The van der Waals surface area contributed by atoms with Crippen LogP contribution in [0.5, 0.6) is 5.75 Å². The molecule has 2 heterocycles. The van der Waals surface area contributed by atoms with E-state index >= 15 is 0 Å². The van der Waals surface area contributed by atoms with Gasteiger partial charge in [-0.3, -0.25) is 4.79 Å². The van der Waals surface area contributed by atoms with E-state index in [0.717, 1.165) is 30.2 Å². The number of methoxy groups -OCH3 is 2. The highest BCUT2D eigenvalue weighted by Gasteiger charge is 2.21. The van der Waals surface area contributed by atoms with Gasteiger partial charge in [0.05, 0.1) is 12.8 Å². The Labute approximate surface area is 141 Å². The molecule has 128 valence electrons. The molecule has 0 bridgehead atoms. The molecule has 0 unspecified atom stereocenters. The van der Waals surface area contributed by atoms with Gasteiger partial charge in [-0.2, -0.15) is 0 Å². The maximum Gasteiger partial charge on any atom is 0.222 e. The first-order chi connectivity index (χ1) is 11.7. The Kier molecular flexibility index (Phi) is 5.10. The third kappa shape index (κ3) is 3.56. The van der Waals surface area contributed by atoms with Crippen LogP contribution in [0.25, 0.3) is 5.69 Å². The van der Waals surface area contributed by atoms with E-state index in [0.29, 0.717) is 31.8 Å². The lowest BCUT2D eigenvalue weighted by atomic mass is 10.3. The van der Waals surface area contributed by atoms with Crippen molar-refractivity contribution in [3.8, 4) is 11.4 Å². The number of likely N-dealkylation sites (tertiary alicyclic amines) is 1. The number of carbonyl (C=O) groups is 1. The lowest BCUT2D eigenvalue weighted by molar-refractivity contribution is -0.127. The summed E-state index contributed by atoms with van der Waals surface area (Å²) in [6, 6.07) is 7.66. The molecule has 7 heteroatoms. The van der Waals surface area contributed by atoms with Gasteiger partial charge in [0.2, 0.25) is 5.91 Å². The van der Waals surface area contributed by atoms with Gasteiger partial charge in [0, 0.05) is 33.0 Å². The van der Waals surface area contributed by atoms with Crippen LogP contribution in [-0.4, -0.2) is 52.9 Å². The predicted octanol–water partition coefficient (Wildman–Crippen LogP) is 1.59. The summed E-state index contributed by atoms with van der Waals surface area (Å²) in [5.74, 6) is 2.48. The van der Waals surface area contributed by atoms with E-state index in [4.69, 9.17) is 9.47 Å². The number of ether oxygens (including phenoxy) is 2. The van der Waals surface area contributed by atoms with E-state index in [9.17, 15) is 4.79 Å². The highest BCUT2D eigenvalue weighted by atomic mass is 16.5. The number of amides is 1. The Morgan fingerprint density at radius 1 is 1.21 bits per heavy atom. The Bertz CT molecular complexity index is 696. The normalized spacial score (nSPS) is 14.4. The molecule has 1 aromatic heterocycles. The fourth-order valence-electron chi connectivity index (χ4n) is 2.85. The third-order valence-electron chi connectivity index (χ3n) is 4.09. The summed E-state index contributed by atoms with van der Waals surface area (Å²) in [6.07, 6.45) is 2.26. The van der Waals surface area contributed by atoms with Crippen molar-refractivity contribution in [3.05, 3.63) is 35.9 Å². The second kappa shape index (κ2) is 7.44. The molecule has 1 saturated heterocycles. The third-order valence-corrected chi connectivity index (χ3v) is 4.09. The first-order valence-corrected chi connectivity index (χ1v) is 8.07. The monoisotopic (exact) mass is 330 g/mol. The van der Waals surface area contributed by atoms with Crippen molar-refractivity contribution in [2.45, 2.75) is 25.9 Å². The highest BCUT2D eigenvalue weighted by Crippen LogP contribution is 2.17. The van der Waals surface area contributed by atoms with E-state index < -0.39 is 0 Å². The van der Waals surface area contributed by atoms with Crippen LogP contribution >= 0.6 is 0 Å². The molecule has 0 spiro atoms. The zero-order valence-electron chi connectivity index (χ0n) is 14.1. The molecule has 0 radical (unpaired) electrons. The quantitative estimate of drug-likeness (QED) is 0.771. The summed E-state index contributed by atoms with van der Waals surface area (Å²) in [4.78, 5) is 18.2. The van der Waals surface area contributed by atoms with Crippen molar-refractivity contribution in [2.24, 2.45) is 0 Å². The Morgan fingerprint density at radius 2 is 2.00 bits per heavy atom. The smallest absolute Gasteiger partial charge is 0.222 e. The van der Waals surface area contributed by atoms with Crippen LogP contribution in [0.1, 0.15) is 24.5 Å². The molecule has 1 amide bonds. The summed E-state index contributed by atoms with van der Waals surface area (Å²) in [7, 11) is 3.26. The number of carbonyl (C=O) groups excluding carboxylic acids is 1. The summed E-state index contributed by atoms with van der Waals surface area (Å²) < 4.78 is 12.2. The van der Waals surface area contributed by atoms with Crippen molar-refractivity contribution in [1.82, 2.24) is 19.7 Å². The second-order valence-electron chi connectivity index (χ2n) is 5.72. The van der Waals surface area contributed by atoms with Crippen molar-refractivity contribution < 1.29 is 14.3 Å². The SMILES string of the molecule is COCc1nc(CCN2CCCC2=O)n(-c2ccc(OC)cc2)n1. The zero-order valence-corrected chi connectivity index (χ0v) is 14.1. The zero-order chi connectivity index (χ0) is 16.9. The van der Waals surface area contributed by atoms with Gasteiger partial charge in [-0.1, -0.05) is 0 Å². The molecular formula is C17H22N4O3. The summed E-state index contributed by atoms with van der Waals surface area (Å²) in [6.45, 7) is 1.86. The second-order valence-corrected chi connectivity index (χ2v) is 5.72. The van der Waals surface area contributed by atoms with Gasteiger partial charge in [0.1, 0.15) is 18.2 Å². The molecule has 1 fully saturated rings. The standard InChI is InChI=1S/C17H22N4O3/c1-23-12-15-18-16(9-11-20-10-3-4-17(20)22)21(19-15)13-5-7-14(24-2)8-6-13/h5-8H,3-4,9-12H2,1-2H3.